The Balaban J connectivity index is 2.26. The summed E-state index contributed by atoms with van der Waals surface area (Å²) in [5, 5.41) is 5.03. The molecule has 0 spiro atoms. The highest BCUT2D eigenvalue weighted by atomic mass is 79.9. The molecule has 1 aromatic heterocycles. The molecule has 1 unspecified atom stereocenters. The quantitative estimate of drug-likeness (QED) is 0.603. The van der Waals surface area contributed by atoms with Crippen LogP contribution in [0.2, 0.25) is 0 Å². The van der Waals surface area contributed by atoms with Gasteiger partial charge in [0, 0.05) is 24.8 Å². The maximum Gasteiger partial charge on any atom is 0.252 e. The van der Waals surface area contributed by atoms with Crippen molar-refractivity contribution in [2.75, 3.05) is 17.7 Å². The third kappa shape index (κ3) is 2.03. The minimum Gasteiger partial charge on any atom is -0.278 e. The fourth-order valence-electron chi connectivity index (χ4n) is 1.51. The Bertz CT molecular complexity index is 394. The van der Waals surface area contributed by atoms with Crippen LogP contribution in [0, 0.1) is 0 Å². The van der Waals surface area contributed by atoms with Crippen molar-refractivity contribution in [2.45, 2.75) is 16.4 Å². The second kappa shape index (κ2) is 4.13. The molecule has 7 heteroatoms. The first kappa shape index (κ1) is 10.9. The summed E-state index contributed by atoms with van der Waals surface area (Å²) in [6.07, 6.45) is 2.46. The maximum absolute atomic E-state index is 11.6. The van der Waals surface area contributed by atoms with Gasteiger partial charge in [-0.2, -0.15) is 4.98 Å². The Morgan fingerprint density at radius 2 is 2.33 bits per heavy atom. The molecule has 0 saturated carbocycles. The number of carbonyl (C=O) groups excluding carboxylic acids is 1. The van der Waals surface area contributed by atoms with Crippen LogP contribution in [0.1, 0.15) is 6.42 Å². The lowest BCUT2D eigenvalue weighted by Gasteiger charge is -2.09. The average molecular weight is 291 g/mol. The number of nitrogens with zero attached hydrogens (tertiary/aromatic N) is 4. The molecule has 0 aliphatic carbocycles. The van der Waals surface area contributed by atoms with Crippen LogP contribution in [0.15, 0.2) is 5.16 Å². The molecule has 1 aliphatic heterocycles. The van der Waals surface area contributed by atoms with Crippen LogP contribution in [-0.4, -0.2) is 38.3 Å². The molecule has 15 heavy (non-hydrogen) atoms. The molecule has 82 valence electrons. The number of anilines is 1. The number of aromatic nitrogens is 3. The summed E-state index contributed by atoms with van der Waals surface area (Å²) < 4.78 is 1.69. The van der Waals surface area contributed by atoms with Crippen molar-refractivity contribution in [1.29, 1.82) is 0 Å². The molecule has 0 aromatic carbocycles. The Morgan fingerprint density at radius 3 is 2.80 bits per heavy atom. The Labute approximate surface area is 100 Å². The van der Waals surface area contributed by atoms with Crippen LogP contribution >= 0.6 is 27.7 Å². The number of hydrogen-bond acceptors (Lipinski definition) is 4. The lowest BCUT2D eigenvalue weighted by Crippen LogP contribution is -2.25. The van der Waals surface area contributed by atoms with E-state index in [0.717, 1.165) is 5.16 Å². The van der Waals surface area contributed by atoms with Gasteiger partial charge in [0.1, 0.15) is 0 Å². The summed E-state index contributed by atoms with van der Waals surface area (Å²) in [6, 6.07) is 0. The van der Waals surface area contributed by atoms with Gasteiger partial charge in [-0.3, -0.25) is 9.69 Å². The molecular formula is C8H11BrN4OS. The lowest BCUT2D eigenvalue weighted by molar-refractivity contribution is -0.117. The van der Waals surface area contributed by atoms with E-state index in [9.17, 15) is 4.79 Å². The van der Waals surface area contributed by atoms with E-state index in [2.05, 4.69) is 26.0 Å². The third-order valence-corrected chi connectivity index (χ3v) is 3.55. The molecule has 1 aromatic rings. The summed E-state index contributed by atoms with van der Waals surface area (Å²) in [4.78, 5) is 17.7. The number of carbonyl (C=O) groups is 1. The molecule has 0 radical (unpaired) electrons. The van der Waals surface area contributed by atoms with Crippen LogP contribution in [0.5, 0.6) is 0 Å². The van der Waals surface area contributed by atoms with Crippen LogP contribution in [0.25, 0.3) is 0 Å². The second-order valence-electron chi connectivity index (χ2n) is 3.33. The van der Waals surface area contributed by atoms with Gasteiger partial charge in [0.2, 0.25) is 5.91 Å². The SMILES string of the molecule is CSc1nc(N2CC(Br)CC2=O)nn1C. The van der Waals surface area contributed by atoms with E-state index in [1.165, 1.54) is 11.8 Å². The first-order valence-corrected chi connectivity index (χ1v) is 6.65. The summed E-state index contributed by atoms with van der Waals surface area (Å²) >= 11 is 4.95. The molecule has 1 saturated heterocycles. The number of rotatable bonds is 2. The largest absolute Gasteiger partial charge is 0.278 e. The first-order chi connectivity index (χ1) is 7.11. The molecule has 1 atom stereocenters. The van der Waals surface area contributed by atoms with Crippen molar-refractivity contribution in [2.24, 2.45) is 7.05 Å². The average Bonchev–Trinajstić information content (AvgIpc) is 2.69. The van der Waals surface area contributed by atoms with Gasteiger partial charge in [-0.15, -0.1) is 5.10 Å². The van der Waals surface area contributed by atoms with E-state index < -0.39 is 0 Å². The highest BCUT2D eigenvalue weighted by molar-refractivity contribution is 9.09. The summed E-state index contributed by atoms with van der Waals surface area (Å²) in [5.41, 5.74) is 0. The zero-order valence-corrected chi connectivity index (χ0v) is 10.9. The fourth-order valence-corrected chi connectivity index (χ4v) is 2.55. The van der Waals surface area contributed by atoms with Crippen LogP contribution < -0.4 is 4.90 Å². The molecule has 1 aliphatic rings. The lowest BCUT2D eigenvalue weighted by atomic mass is 10.4. The summed E-state index contributed by atoms with van der Waals surface area (Å²) in [5.74, 6) is 0.587. The van der Waals surface area contributed by atoms with Crippen molar-refractivity contribution >= 4 is 39.5 Å². The second-order valence-corrected chi connectivity index (χ2v) is 5.40. The molecule has 5 nitrogen and oxygen atoms in total. The van der Waals surface area contributed by atoms with Crippen molar-refractivity contribution in [3.05, 3.63) is 0 Å². The van der Waals surface area contributed by atoms with Gasteiger partial charge in [-0.1, -0.05) is 27.7 Å². The highest BCUT2D eigenvalue weighted by Gasteiger charge is 2.31. The monoisotopic (exact) mass is 290 g/mol. The third-order valence-electron chi connectivity index (χ3n) is 2.21. The van der Waals surface area contributed by atoms with Gasteiger partial charge < -0.3 is 0 Å². The summed E-state index contributed by atoms with van der Waals surface area (Å²) in [6.45, 7) is 0.649. The molecular weight excluding hydrogens is 280 g/mol. The van der Waals surface area contributed by atoms with Crippen molar-refractivity contribution < 1.29 is 4.79 Å². The topological polar surface area (TPSA) is 51.0 Å². The number of hydrogen-bond donors (Lipinski definition) is 0. The number of amides is 1. The van der Waals surface area contributed by atoms with Gasteiger partial charge in [0.05, 0.1) is 0 Å². The zero-order valence-electron chi connectivity index (χ0n) is 8.47. The maximum atomic E-state index is 11.6. The highest BCUT2D eigenvalue weighted by Crippen LogP contribution is 2.24. The van der Waals surface area contributed by atoms with Gasteiger partial charge in [-0.25, -0.2) is 4.68 Å². The number of thioether (sulfide) groups is 1. The van der Waals surface area contributed by atoms with Gasteiger partial charge in [0.15, 0.2) is 5.16 Å². The predicted octanol–water partition coefficient (Wildman–Crippen LogP) is 1.04. The normalized spacial score (nSPS) is 21.4. The molecule has 0 bridgehead atoms. The number of alkyl halides is 1. The smallest absolute Gasteiger partial charge is 0.252 e. The number of aryl methyl sites for hydroxylation is 1. The molecule has 1 fully saturated rings. The zero-order chi connectivity index (χ0) is 11.0. The van der Waals surface area contributed by atoms with Crippen molar-refractivity contribution in [3.8, 4) is 0 Å². The number of halogens is 1. The molecule has 2 heterocycles. The Morgan fingerprint density at radius 1 is 1.60 bits per heavy atom. The summed E-state index contributed by atoms with van der Waals surface area (Å²) in [7, 11) is 1.83. The van der Waals surface area contributed by atoms with Gasteiger partial charge in [0.25, 0.3) is 5.95 Å². The van der Waals surface area contributed by atoms with Gasteiger partial charge in [-0.05, 0) is 6.26 Å². The Hall–Kier alpha value is -0.560. The van der Waals surface area contributed by atoms with Crippen LogP contribution in [-0.2, 0) is 11.8 Å². The predicted molar refractivity (Wildman–Crippen MR) is 62.5 cm³/mol. The minimum absolute atomic E-state index is 0.0788. The first-order valence-electron chi connectivity index (χ1n) is 4.51. The molecule has 1 amide bonds. The minimum atomic E-state index is 0.0788. The van der Waals surface area contributed by atoms with E-state index in [4.69, 9.17) is 0 Å². The van der Waals surface area contributed by atoms with E-state index in [1.54, 1.807) is 9.58 Å². The van der Waals surface area contributed by atoms with E-state index in [1.807, 2.05) is 13.3 Å². The van der Waals surface area contributed by atoms with Gasteiger partial charge >= 0.3 is 0 Å². The van der Waals surface area contributed by atoms with Crippen molar-refractivity contribution in [1.82, 2.24) is 14.8 Å². The Kier molecular flexibility index (Phi) is 3.01. The van der Waals surface area contributed by atoms with Crippen LogP contribution in [0.3, 0.4) is 0 Å². The van der Waals surface area contributed by atoms with E-state index in [0.29, 0.717) is 18.9 Å². The van der Waals surface area contributed by atoms with E-state index >= 15 is 0 Å². The van der Waals surface area contributed by atoms with Crippen LogP contribution in [0.4, 0.5) is 5.95 Å². The molecule has 0 N–H and O–H groups in total. The van der Waals surface area contributed by atoms with E-state index in [-0.39, 0.29) is 10.7 Å². The van der Waals surface area contributed by atoms with Crippen molar-refractivity contribution in [3.63, 3.8) is 0 Å². The molecule has 2 rings (SSSR count). The standard InChI is InChI=1S/C8H11BrN4OS/c1-12-8(15-2)10-7(11-12)13-4-5(9)3-6(13)14/h5H,3-4H2,1-2H3. The fraction of sp³-hybridized carbons (Fsp3) is 0.625.